The Hall–Kier alpha value is -0.630. The molecule has 2 fully saturated rings. The van der Waals surface area contributed by atoms with Gasteiger partial charge in [-0.15, -0.1) is 0 Å². The van der Waals surface area contributed by atoms with Gasteiger partial charge in [-0.25, -0.2) is 0 Å². The van der Waals surface area contributed by atoms with Gasteiger partial charge in [0.2, 0.25) is 0 Å². The summed E-state index contributed by atoms with van der Waals surface area (Å²) in [7, 11) is 0. The molecule has 0 radical (unpaired) electrons. The largest absolute Gasteiger partial charge is 0.381 e. The molecule has 0 heterocycles. The normalized spacial score (nSPS) is 51.4. The minimum absolute atomic E-state index is 0.0440. The van der Waals surface area contributed by atoms with Crippen LogP contribution < -0.4 is 0 Å². The quantitative estimate of drug-likeness (QED) is 0.699. The molecule has 0 spiro atoms. The summed E-state index contributed by atoms with van der Waals surface area (Å²) in [6, 6.07) is 0. The van der Waals surface area contributed by atoms with Crippen molar-refractivity contribution < 1.29 is 9.90 Å². The van der Waals surface area contributed by atoms with Gasteiger partial charge < -0.3 is 5.11 Å². The summed E-state index contributed by atoms with van der Waals surface area (Å²) in [6.07, 6.45) is 5.11. The van der Waals surface area contributed by atoms with E-state index in [9.17, 15) is 9.90 Å². The van der Waals surface area contributed by atoms with Crippen molar-refractivity contribution in [2.75, 3.05) is 0 Å². The van der Waals surface area contributed by atoms with Crippen LogP contribution in [-0.2, 0) is 4.79 Å². The first-order chi connectivity index (χ1) is 7.67. The molecular weight excluding hydrogens is 212 g/mol. The standard InChI is InChI=1S/C15H22O2/c1-13(2)6-9-7-14(9,3)10-5-12(16)15(4,17)11(10)8-13/h5,9,11,17H,6-8H2,1-4H3/t9-,11?,14+,15-/m0/s1. The highest BCUT2D eigenvalue weighted by Gasteiger charge is 2.63. The molecule has 17 heavy (non-hydrogen) atoms. The van der Waals surface area contributed by atoms with Crippen molar-refractivity contribution in [3.63, 3.8) is 0 Å². The minimum atomic E-state index is -1.16. The Morgan fingerprint density at radius 2 is 1.82 bits per heavy atom. The average Bonchev–Trinajstić information content (AvgIpc) is 2.75. The molecule has 4 atom stereocenters. The molecule has 2 nitrogen and oxygen atoms in total. The van der Waals surface area contributed by atoms with Gasteiger partial charge in [0.15, 0.2) is 5.78 Å². The lowest BCUT2D eigenvalue weighted by Crippen LogP contribution is -2.40. The van der Waals surface area contributed by atoms with Crippen molar-refractivity contribution in [3.05, 3.63) is 11.6 Å². The molecule has 1 N–H and O–H groups in total. The zero-order chi connectivity index (χ0) is 12.6. The van der Waals surface area contributed by atoms with Crippen molar-refractivity contribution in [2.24, 2.45) is 22.7 Å². The van der Waals surface area contributed by atoms with Crippen molar-refractivity contribution >= 4 is 5.78 Å². The number of carbonyl (C=O) groups is 1. The zero-order valence-corrected chi connectivity index (χ0v) is 11.2. The van der Waals surface area contributed by atoms with Crippen LogP contribution in [0.4, 0.5) is 0 Å². The van der Waals surface area contributed by atoms with E-state index in [1.807, 2.05) is 0 Å². The minimum Gasteiger partial charge on any atom is -0.381 e. The highest BCUT2D eigenvalue weighted by atomic mass is 16.3. The van der Waals surface area contributed by atoms with Crippen LogP contribution in [0.3, 0.4) is 0 Å². The Morgan fingerprint density at radius 3 is 2.47 bits per heavy atom. The number of rotatable bonds is 0. The maximum atomic E-state index is 12.0. The third-order valence-corrected chi connectivity index (χ3v) is 5.47. The zero-order valence-electron chi connectivity index (χ0n) is 11.2. The first-order valence-corrected chi connectivity index (χ1v) is 6.66. The molecule has 0 amide bonds. The molecule has 0 aromatic rings. The molecule has 0 aromatic carbocycles. The van der Waals surface area contributed by atoms with Gasteiger partial charge in [0.1, 0.15) is 5.60 Å². The first kappa shape index (κ1) is 11.5. The van der Waals surface area contributed by atoms with Gasteiger partial charge in [-0.2, -0.15) is 0 Å². The van der Waals surface area contributed by atoms with Gasteiger partial charge in [0.05, 0.1) is 0 Å². The molecule has 0 aliphatic heterocycles. The van der Waals surface area contributed by atoms with E-state index in [1.165, 1.54) is 18.4 Å². The lowest BCUT2D eigenvalue weighted by Gasteiger charge is -2.33. The van der Waals surface area contributed by atoms with Gasteiger partial charge in [0.25, 0.3) is 0 Å². The van der Waals surface area contributed by atoms with Gasteiger partial charge in [-0.1, -0.05) is 26.3 Å². The van der Waals surface area contributed by atoms with E-state index in [4.69, 9.17) is 0 Å². The molecule has 1 unspecified atom stereocenters. The van der Waals surface area contributed by atoms with Crippen LogP contribution >= 0.6 is 0 Å². The van der Waals surface area contributed by atoms with Crippen LogP contribution in [0.25, 0.3) is 0 Å². The third-order valence-electron chi connectivity index (χ3n) is 5.47. The van der Waals surface area contributed by atoms with Gasteiger partial charge in [0, 0.05) is 5.92 Å². The molecule has 2 saturated carbocycles. The molecular formula is C15H22O2. The van der Waals surface area contributed by atoms with Gasteiger partial charge in [-0.3, -0.25) is 4.79 Å². The van der Waals surface area contributed by atoms with Crippen LogP contribution in [0.15, 0.2) is 11.6 Å². The number of hydrogen-bond donors (Lipinski definition) is 1. The second-order valence-corrected chi connectivity index (χ2v) is 7.56. The molecule has 0 aromatic heterocycles. The van der Waals surface area contributed by atoms with Crippen LogP contribution in [-0.4, -0.2) is 16.5 Å². The number of aliphatic hydroxyl groups is 1. The van der Waals surface area contributed by atoms with E-state index < -0.39 is 5.60 Å². The third kappa shape index (κ3) is 1.40. The average molecular weight is 234 g/mol. The summed E-state index contributed by atoms with van der Waals surface area (Å²) < 4.78 is 0. The van der Waals surface area contributed by atoms with E-state index in [0.29, 0.717) is 0 Å². The van der Waals surface area contributed by atoms with E-state index in [1.54, 1.807) is 13.0 Å². The van der Waals surface area contributed by atoms with Crippen LogP contribution in [0.2, 0.25) is 0 Å². The summed E-state index contributed by atoms with van der Waals surface area (Å²) >= 11 is 0. The Bertz CT molecular complexity index is 430. The Labute approximate surface area is 103 Å². The monoisotopic (exact) mass is 234 g/mol. The summed E-state index contributed by atoms with van der Waals surface area (Å²) in [5.74, 6) is 0.681. The van der Waals surface area contributed by atoms with E-state index in [-0.39, 0.29) is 22.5 Å². The Morgan fingerprint density at radius 1 is 1.18 bits per heavy atom. The van der Waals surface area contributed by atoms with Crippen molar-refractivity contribution in [1.29, 1.82) is 0 Å². The Balaban J connectivity index is 2.08. The summed E-state index contributed by atoms with van der Waals surface area (Å²) in [6.45, 7) is 8.51. The predicted molar refractivity (Wildman–Crippen MR) is 66.4 cm³/mol. The van der Waals surface area contributed by atoms with Gasteiger partial charge >= 0.3 is 0 Å². The van der Waals surface area contributed by atoms with Crippen LogP contribution in [0, 0.1) is 22.7 Å². The second-order valence-electron chi connectivity index (χ2n) is 7.56. The number of ketones is 1. The molecule has 0 bridgehead atoms. The van der Waals surface area contributed by atoms with Crippen LogP contribution in [0.1, 0.15) is 47.0 Å². The lowest BCUT2D eigenvalue weighted by molar-refractivity contribution is -0.133. The van der Waals surface area contributed by atoms with Crippen LogP contribution in [0.5, 0.6) is 0 Å². The molecule has 3 aliphatic rings. The number of fused-ring (bicyclic) bond motifs is 3. The molecule has 94 valence electrons. The van der Waals surface area contributed by atoms with E-state index in [2.05, 4.69) is 20.8 Å². The predicted octanol–water partition coefficient (Wildman–Crippen LogP) is 2.71. The highest BCUT2D eigenvalue weighted by Crippen LogP contribution is 2.68. The molecule has 3 aliphatic carbocycles. The summed E-state index contributed by atoms with van der Waals surface area (Å²) in [5.41, 5.74) is 0.516. The van der Waals surface area contributed by atoms with Crippen molar-refractivity contribution in [1.82, 2.24) is 0 Å². The number of hydrogen-bond acceptors (Lipinski definition) is 2. The maximum Gasteiger partial charge on any atom is 0.187 e. The Kier molecular flexibility index (Phi) is 1.92. The van der Waals surface area contributed by atoms with Crippen molar-refractivity contribution in [3.8, 4) is 0 Å². The summed E-state index contributed by atoms with van der Waals surface area (Å²) in [5, 5.41) is 10.5. The smallest absolute Gasteiger partial charge is 0.187 e. The van der Waals surface area contributed by atoms with E-state index >= 15 is 0 Å². The number of carbonyl (C=O) groups excluding carboxylic acids is 1. The lowest BCUT2D eigenvalue weighted by atomic mass is 9.73. The fraction of sp³-hybridized carbons (Fsp3) is 0.800. The highest BCUT2D eigenvalue weighted by molar-refractivity contribution is 6.01. The summed E-state index contributed by atoms with van der Waals surface area (Å²) in [4.78, 5) is 12.0. The molecule has 3 rings (SSSR count). The van der Waals surface area contributed by atoms with E-state index in [0.717, 1.165) is 12.3 Å². The fourth-order valence-corrected chi connectivity index (χ4v) is 4.14. The second kappa shape index (κ2) is 2.85. The molecule has 2 heteroatoms. The maximum absolute atomic E-state index is 12.0. The van der Waals surface area contributed by atoms with Crippen molar-refractivity contribution in [2.45, 2.75) is 52.6 Å². The van der Waals surface area contributed by atoms with Gasteiger partial charge in [-0.05, 0) is 49.0 Å². The first-order valence-electron chi connectivity index (χ1n) is 6.66. The topological polar surface area (TPSA) is 37.3 Å². The molecule has 0 saturated heterocycles. The SMILES string of the molecule is CC1(C)CC2C(=CC(=O)[C@@]2(C)O)[C@]2(C)C[C@@H]2C1. The fourth-order valence-electron chi connectivity index (χ4n) is 4.14.